The van der Waals surface area contributed by atoms with Gasteiger partial charge in [-0.2, -0.15) is 0 Å². The summed E-state index contributed by atoms with van der Waals surface area (Å²) >= 11 is 0. The highest BCUT2D eigenvalue weighted by Crippen LogP contribution is 2.33. The van der Waals surface area contributed by atoms with Crippen molar-refractivity contribution < 1.29 is 0 Å². The van der Waals surface area contributed by atoms with Crippen LogP contribution in [0.3, 0.4) is 0 Å². The Kier molecular flexibility index (Phi) is 5.52. The molecule has 0 radical (unpaired) electrons. The molecule has 1 aromatic carbocycles. The van der Waals surface area contributed by atoms with Crippen LogP contribution in [-0.4, -0.2) is 12.9 Å². The summed E-state index contributed by atoms with van der Waals surface area (Å²) in [4.78, 5) is 2.64. The van der Waals surface area contributed by atoms with Crippen molar-refractivity contribution in [3.8, 4) is 0 Å². The number of hydrogen-bond acceptors (Lipinski definition) is 1. The molecular weight excluding hydrogens is 241 g/mol. The first-order valence-corrected chi connectivity index (χ1v) is 7.98. The predicted octanol–water partition coefficient (Wildman–Crippen LogP) is 5.28. The third-order valence-electron chi connectivity index (χ3n) is 4.12. The first-order valence-electron chi connectivity index (χ1n) is 7.98. The fourth-order valence-electron chi connectivity index (χ4n) is 3.27. The van der Waals surface area contributed by atoms with Gasteiger partial charge in [0.1, 0.15) is 0 Å². The Morgan fingerprint density at radius 3 is 2.55 bits per heavy atom. The summed E-state index contributed by atoms with van der Waals surface area (Å²) in [5.41, 5.74) is 2.75. The molecule has 0 aliphatic carbocycles. The fourth-order valence-corrected chi connectivity index (χ4v) is 3.27. The summed E-state index contributed by atoms with van der Waals surface area (Å²) < 4.78 is 0. The molecule has 1 aliphatic heterocycles. The maximum absolute atomic E-state index is 3.94. The number of para-hydroxylation sites is 1. The minimum atomic E-state index is 0.463. The molecule has 1 unspecified atom stereocenters. The molecule has 2 rings (SSSR count). The molecule has 0 saturated carbocycles. The molecule has 1 heterocycles. The summed E-state index contributed by atoms with van der Waals surface area (Å²) in [7, 11) is 0. The average Bonchev–Trinajstić information content (AvgIpc) is 2.47. The minimum absolute atomic E-state index is 0.463. The smallest absolute Gasteiger partial charge is 0.255 e. The van der Waals surface area contributed by atoms with Gasteiger partial charge in [0, 0.05) is 11.7 Å². The molecule has 106 valence electrons. The first-order chi connectivity index (χ1) is 9.81. The van der Waals surface area contributed by atoms with E-state index in [0.717, 1.165) is 6.42 Å². The molecule has 0 amide bonds. The summed E-state index contributed by atoms with van der Waals surface area (Å²) in [5, 5.41) is 0. The van der Waals surface area contributed by atoms with E-state index >= 15 is 0 Å². The van der Waals surface area contributed by atoms with Crippen molar-refractivity contribution in [2.24, 2.45) is 0 Å². The van der Waals surface area contributed by atoms with Crippen LogP contribution >= 0.6 is 0 Å². The summed E-state index contributed by atoms with van der Waals surface area (Å²) in [6.07, 6.45) is 12.7. The van der Waals surface area contributed by atoms with Crippen LogP contribution in [0.2, 0.25) is 12.6 Å². The zero-order valence-electron chi connectivity index (χ0n) is 12.9. The summed E-state index contributed by atoms with van der Waals surface area (Å²) in [6.45, 7) is 9.15. The quantitative estimate of drug-likeness (QED) is 0.480. The van der Waals surface area contributed by atoms with Crippen LogP contribution in [0.4, 0.5) is 5.69 Å². The molecule has 1 aliphatic rings. The van der Waals surface area contributed by atoms with E-state index in [1.807, 2.05) is 6.08 Å². The summed E-state index contributed by atoms with van der Waals surface area (Å²) in [5.74, 6) is 0. The van der Waals surface area contributed by atoms with E-state index in [-0.39, 0.29) is 0 Å². The van der Waals surface area contributed by atoms with Crippen molar-refractivity contribution in [1.29, 1.82) is 0 Å². The van der Waals surface area contributed by atoms with Crippen LogP contribution < -0.4 is 4.81 Å². The van der Waals surface area contributed by atoms with Gasteiger partial charge in [0.2, 0.25) is 0 Å². The molecule has 0 aromatic heterocycles. The normalized spacial score (nSPS) is 16.9. The van der Waals surface area contributed by atoms with Gasteiger partial charge in [-0.1, -0.05) is 75.8 Å². The Morgan fingerprint density at radius 1 is 1.20 bits per heavy atom. The van der Waals surface area contributed by atoms with E-state index in [1.54, 1.807) is 0 Å². The van der Waals surface area contributed by atoms with Crippen LogP contribution in [0.15, 0.2) is 43.0 Å². The topological polar surface area (TPSA) is 3.24 Å². The molecule has 1 nitrogen and oxygen atoms in total. The van der Waals surface area contributed by atoms with Gasteiger partial charge in [-0.05, 0) is 18.1 Å². The van der Waals surface area contributed by atoms with E-state index in [9.17, 15) is 0 Å². The van der Waals surface area contributed by atoms with Crippen molar-refractivity contribution >= 4 is 18.6 Å². The lowest BCUT2D eigenvalue weighted by Gasteiger charge is -2.40. The van der Waals surface area contributed by atoms with Gasteiger partial charge in [0.05, 0.1) is 0 Å². The van der Waals surface area contributed by atoms with E-state index in [2.05, 4.69) is 61.7 Å². The van der Waals surface area contributed by atoms with E-state index in [1.165, 1.54) is 36.7 Å². The van der Waals surface area contributed by atoms with Crippen LogP contribution in [0.5, 0.6) is 0 Å². The zero-order valence-corrected chi connectivity index (χ0v) is 12.9. The lowest BCUT2D eigenvalue weighted by molar-refractivity contribution is 0.797. The number of rotatable bonds is 7. The fraction of sp³-hybridized carbons (Fsp3) is 0.444. The van der Waals surface area contributed by atoms with Gasteiger partial charge in [-0.3, -0.25) is 0 Å². The highest BCUT2D eigenvalue weighted by atomic mass is 15.1. The SMILES string of the molecule is C=CCC1C=Cc2ccccc2N1B(CCC)CCC. The Balaban J connectivity index is 2.36. The van der Waals surface area contributed by atoms with E-state index in [0.29, 0.717) is 12.9 Å². The van der Waals surface area contributed by atoms with E-state index < -0.39 is 0 Å². The zero-order chi connectivity index (χ0) is 14.4. The molecule has 0 N–H and O–H groups in total. The second kappa shape index (κ2) is 7.37. The molecule has 1 atom stereocenters. The largest absolute Gasteiger partial charge is 0.408 e. The lowest BCUT2D eigenvalue weighted by Crippen LogP contribution is -2.47. The predicted molar refractivity (Wildman–Crippen MR) is 92.5 cm³/mol. The first kappa shape index (κ1) is 15.0. The molecule has 20 heavy (non-hydrogen) atoms. The average molecular weight is 267 g/mol. The van der Waals surface area contributed by atoms with Crippen molar-refractivity contribution in [2.45, 2.75) is 51.8 Å². The van der Waals surface area contributed by atoms with Crippen molar-refractivity contribution in [3.63, 3.8) is 0 Å². The Bertz CT molecular complexity index is 460. The number of anilines is 1. The monoisotopic (exact) mass is 267 g/mol. The molecule has 0 spiro atoms. The molecule has 1 aromatic rings. The number of fused-ring (bicyclic) bond motifs is 1. The number of benzene rings is 1. The second-order valence-electron chi connectivity index (χ2n) is 5.65. The van der Waals surface area contributed by atoms with Crippen LogP contribution in [0.25, 0.3) is 6.08 Å². The molecule has 0 fully saturated rings. The molecular formula is C18H26BN. The summed E-state index contributed by atoms with van der Waals surface area (Å²) in [6, 6.07) is 9.24. The molecule has 2 heteroatoms. The standard InChI is InChI=1S/C18H26BN/c1-4-9-17-13-12-16-10-7-8-11-18(16)20(17)19(14-5-2)15-6-3/h4,7-8,10-13,17H,1,5-6,9,14-15H2,2-3H3. The van der Waals surface area contributed by atoms with Gasteiger partial charge in [-0.15, -0.1) is 6.58 Å². The second-order valence-corrected chi connectivity index (χ2v) is 5.65. The lowest BCUT2D eigenvalue weighted by atomic mass is 9.52. The van der Waals surface area contributed by atoms with Gasteiger partial charge in [-0.25, -0.2) is 0 Å². The van der Waals surface area contributed by atoms with Gasteiger partial charge in [0.15, 0.2) is 0 Å². The number of nitrogens with zero attached hydrogens (tertiary/aromatic N) is 1. The maximum atomic E-state index is 3.94. The molecule has 0 bridgehead atoms. The van der Waals surface area contributed by atoms with Crippen molar-refractivity contribution in [1.82, 2.24) is 0 Å². The molecule has 0 saturated heterocycles. The Morgan fingerprint density at radius 2 is 1.90 bits per heavy atom. The van der Waals surface area contributed by atoms with Gasteiger partial charge < -0.3 is 4.81 Å². The van der Waals surface area contributed by atoms with Gasteiger partial charge >= 0.3 is 0 Å². The third kappa shape index (κ3) is 3.17. The maximum Gasteiger partial charge on any atom is 0.255 e. The highest BCUT2D eigenvalue weighted by molar-refractivity contribution is 6.63. The third-order valence-corrected chi connectivity index (χ3v) is 4.12. The van der Waals surface area contributed by atoms with Crippen LogP contribution in [0.1, 0.15) is 38.7 Å². The van der Waals surface area contributed by atoms with Crippen LogP contribution in [-0.2, 0) is 0 Å². The number of hydrogen-bond donors (Lipinski definition) is 0. The van der Waals surface area contributed by atoms with Crippen molar-refractivity contribution in [3.05, 3.63) is 48.6 Å². The van der Waals surface area contributed by atoms with Crippen molar-refractivity contribution in [2.75, 3.05) is 4.81 Å². The van der Waals surface area contributed by atoms with Gasteiger partial charge in [0.25, 0.3) is 6.85 Å². The Labute approximate surface area is 124 Å². The minimum Gasteiger partial charge on any atom is -0.408 e. The van der Waals surface area contributed by atoms with Crippen LogP contribution in [0, 0.1) is 0 Å². The highest BCUT2D eigenvalue weighted by Gasteiger charge is 2.29. The van der Waals surface area contributed by atoms with E-state index in [4.69, 9.17) is 0 Å². The Hall–Kier alpha value is -1.44.